The Balaban J connectivity index is 1.94. The number of nitrogens with one attached hydrogen (secondary N) is 1. The third kappa shape index (κ3) is 1.70. The van der Waals surface area contributed by atoms with Crippen molar-refractivity contribution in [1.82, 2.24) is 0 Å². The van der Waals surface area contributed by atoms with Crippen LogP contribution in [0.25, 0.3) is 11.1 Å². The fraction of sp³-hybridized carbons (Fsp3) is 0.250. The van der Waals surface area contributed by atoms with Gasteiger partial charge in [0.05, 0.1) is 5.54 Å². The number of hydrogen-bond donors (Lipinski definition) is 3. The van der Waals surface area contributed by atoms with Gasteiger partial charge in [-0.1, -0.05) is 6.07 Å². The molecule has 0 radical (unpaired) electrons. The molecule has 2 aromatic carbocycles. The summed E-state index contributed by atoms with van der Waals surface area (Å²) < 4.78 is 26.9. The molecule has 1 aliphatic carbocycles. The molecule has 21 heavy (non-hydrogen) atoms. The summed E-state index contributed by atoms with van der Waals surface area (Å²) in [6.07, 6.45) is -0.628. The van der Waals surface area contributed by atoms with E-state index in [-0.39, 0.29) is 24.3 Å². The van der Waals surface area contributed by atoms with Crippen LogP contribution in [0.15, 0.2) is 36.4 Å². The van der Waals surface area contributed by atoms with Crippen LogP contribution in [0.5, 0.6) is 11.5 Å². The number of fused-ring (bicyclic) bond motifs is 4. The van der Waals surface area contributed by atoms with E-state index >= 15 is 0 Å². The number of rotatable bonds is 0. The maximum absolute atomic E-state index is 13.5. The molecule has 1 aliphatic heterocycles. The Kier molecular flexibility index (Phi) is 2.17. The van der Waals surface area contributed by atoms with Crippen molar-refractivity contribution in [2.24, 2.45) is 0 Å². The normalized spacial score (nSPS) is 20.1. The summed E-state index contributed by atoms with van der Waals surface area (Å²) in [7, 11) is 0. The number of aromatic hydroxyl groups is 2. The molecule has 0 saturated heterocycles. The molecule has 0 bridgehead atoms. The number of halogens is 2. The van der Waals surface area contributed by atoms with E-state index in [0.29, 0.717) is 11.3 Å². The summed E-state index contributed by atoms with van der Waals surface area (Å²) >= 11 is 0. The zero-order valence-electron chi connectivity index (χ0n) is 11.0. The fourth-order valence-electron chi connectivity index (χ4n) is 3.47. The van der Waals surface area contributed by atoms with E-state index in [1.165, 1.54) is 0 Å². The molecule has 1 heterocycles. The first kappa shape index (κ1) is 12.4. The highest BCUT2D eigenvalue weighted by molar-refractivity contribution is 5.86. The number of benzene rings is 2. The molecule has 0 aromatic heterocycles. The highest BCUT2D eigenvalue weighted by Gasteiger charge is 2.59. The SMILES string of the molecule is Oc1ccc2c(c1)NC1(CC(F)(F)C1)c1cc(O)ccc1-2. The maximum Gasteiger partial charge on any atom is 0.253 e. The Morgan fingerprint density at radius 2 is 1.52 bits per heavy atom. The van der Waals surface area contributed by atoms with Gasteiger partial charge in [-0.15, -0.1) is 0 Å². The number of phenols is 2. The molecule has 0 amide bonds. The monoisotopic (exact) mass is 289 g/mol. The van der Waals surface area contributed by atoms with E-state index in [9.17, 15) is 19.0 Å². The smallest absolute Gasteiger partial charge is 0.253 e. The molecule has 4 rings (SSSR count). The quantitative estimate of drug-likeness (QED) is 0.691. The van der Waals surface area contributed by atoms with Gasteiger partial charge in [0.25, 0.3) is 5.92 Å². The first-order chi connectivity index (χ1) is 9.89. The van der Waals surface area contributed by atoms with Gasteiger partial charge in [-0.05, 0) is 35.4 Å². The molecule has 2 aliphatic rings. The molecule has 0 atom stereocenters. The Hall–Kier alpha value is -2.30. The Labute approximate surface area is 119 Å². The minimum Gasteiger partial charge on any atom is -0.508 e. The van der Waals surface area contributed by atoms with E-state index in [4.69, 9.17) is 0 Å². The molecule has 108 valence electrons. The van der Waals surface area contributed by atoms with Gasteiger partial charge < -0.3 is 15.5 Å². The van der Waals surface area contributed by atoms with Crippen LogP contribution in [0, 0.1) is 0 Å². The lowest BCUT2D eigenvalue weighted by Gasteiger charge is -2.51. The summed E-state index contributed by atoms with van der Waals surface area (Å²) in [6.45, 7) is 0. The predicted molar refractivity (Wildman–Crippen MR) is 74.7 cm³/mol. The highest BCUT2D eigenvalue weighted by atomic mass is 19.3. The van der Waals surface area contributed by atoms with Crippen LogP contribution in [0.2, 0.25) is 0 Å². The van der Waals surface area contributed by atoms with Crippen molar-refractivity contribution in [2.75, 3.05) is 5.32 Å². The Bertz CT molecular complexity index is 750. The van der Waals surface area contributed by atoms with Gasteiger partial charge in [0.1, 0.15) is 11.5 Å². The highest BCUT2D eigenvalue weighted by Crippen LogP contribution is 2.59. The molecule has 1 fully saturated rings. The van der Waals surface area contributed by atoms with Gasteiger partial charge >= 0.3 is 0 Å². The van der Waals surface area contributed by atoms with Crippen molar-refractivity contribution in [1.29, 1.82) is 0 Å². The molecule has 3 N–H and O–H groups in total. The zero-order chi connectivity index (χ0) is 14.8. The largest absolute Gasteiger partial charge is 0.508 e. The van der Waals surface area contributed by atoms with Crippen LogP contribution in [0.3, 0.4) is 0 Å². The van der Waals surface area contributed by atoms with Gasteiger partial charge in [0, 0.05) is 30.2 Å². The van der Waals surface area contributed by atoms with E-state index < -0.39 is 11.5 Å². The van der Waals surface area contributed by atoms with E-state index in [0.717, 1.165) is 11.1 Å². The topological polar surface area (TPSA) is 52.5 Å². The number of alkyl halides is 2. The lowest BCUT2D eigenvalue weighted by Crippen LogP contribution is -2.55. The average Bonchev–Trinajstić information content (AvgIpc) is 2.36. The minimum absolute atomic E-state index is 0.0624. The molecule has 0 unspecified atom stereocenters. The van der Waals surface area contributed by atoms with Crippen molar-refractivity contribution in [2.45, 2.75) is 24.3 Å². The molecule has 3 nitrogen and oxygen atoms in total. The van der Waals surface area contributed by atoms with Crippen molar-refractivity contribution in [3.05, 3.63) is 42.0 Å². The number of phenolic OH excluding ortho intramolecular Hbond substituents is 2. The molecule has 1 saturated carbocycles. The van der Waals surface area contributed by atoms with Crippen molar-refractivity contribution in [3.8, 4) is 22.6 Å². The second-order valence-corrected chi connectivity index (χ2v) is 5.88. The fourth-order valence-corrected chi connectivity index (χ4v) is 3.47. The van der Waals surface area contributed by atoms with Gasteiger partial charge in [-0.25, -0.2) is 8.78 Å². The summed E-state index contributed by atoms with van der Waals surface area (Å²) in [5.41, 5.74) is 2.11. The second kappa shape index (κ2) is 3.67. The minimum atomic E-state index is -2.70. The number of hydrogen-bond acceptors (Lipinski definition) is 3. The van der Waals surface area contributed by atoms with Crippen LogP contribution in [0.4, 0.5) is 14.5 Å². The predicted octanol–water partition coefficient (Wildman–Crippen LogP) is 3.81. The zero-order valence-corrected chi connectivity index (χ0v) is 11.0. The summed E-state index contributed by atoms with van der Waals surface area (Å²) in [6, 6.07) is 9.68. The molecule has 5 heteroatoms. The van der Waals surface area contributed by atoms with Gasteiger partial charge in [-0.2, -0.15) is 0 Å². The summed E-state index contributed by atoms with van der Waals surface area (Å²) in [5, 5.41) is 22.5. The average molecular weight is 289 g/mol. The summed E-state index contributed by atoms with van der Waals surface area (Å²) in [5.74, 6) is -2.55. The van der Waals surface area contributed by atoms with Crippen LogP contribution >= 0.6 is 0 Å². The second-order valence-electron chi connectivity index (χ2n) is 5.88. The lowest BCUT2D eigenvalue weighted by molar-refractivity contribution is -0.117. The molecule has 1 spiro atoms. The number of anilines is 1. The van der Waals surface area contributed by atoms with Gasteiger partial charge in [-0.3, -0.25) is 0 Å². The Morgan fingerprint density at radius 1 is 0.905 bits per heavy atom. The first-order valence-electron chi connectivity index (χ1n) is 6.72. The van der Waals surface area contributed by atoms with E-state index in [1.807, 2.05) is 0 Å². The molecular weight excluding hydrogens is 276 g/mol. The maximum atomic E-state index is 13.5. The standard InChI is InChI=1S/C16H13F2NO2/c17-16(18)7-15(8-16)13-5-9(20)1-3-11(13)12-4-2-10(21)6-14(12)19-15/h1-6,19-21H,7-8H2. The molecule has 2 aromatic rings. The van der Waals surface area contributed by atoms with E-state index in [1.54, 1.807) is 36.4 Å². The first-order valence-corrected chi connectivity index (χ1v) is 6.72. The van der Waals surface area contributed by atoms with Crippen LogP contribution in [0.1, 0.15) is 18.4 Å². The van der Waals surface area contributed by atoms with Crippen molar-refractivity contribution in [3.63, 3.8) is 0 Å². The van der Waals surface area contributed by atoms with Crippen molar-refractivity contribution >= 4 is 5.69 Å². The third-order valence-corrected chi connectivity index (χ3v) is 4.31. The van der Waals surface area contributed by atoms with Gasteiger partial charge in [0.2, 0.25) is 0 Å². The van der Waals surface area contributed by atoms with Crippen LogP contribution in [-0.4, -0.2) is 16.1 Å². The van der Waals surface area contributed by atoms with Crippen LogP contribution in [-0.2, 0) is 5.54 Å². The van der Waals surface area contributed by atoms with Crippen molar-refractivity contribution < 1.29 is 19.0 Å². The van der Waals surface area contributed by atoms with Gasteiger partial charge in [0.15, 0.2) is 0 Å². The third-order valence-electron chi connectivity index (χ3n) is 4.31. The van der Waals surface area contributed by atoms with Crippen LogP contribution < -0.4 is 5.32 Å². The van der Waals surface area contributed by atoms with E-state index in [2.05, 4.69) is 5.32 Å². The Morgan fingerprint density at radius 3 is 2.19 bits per heavy atom. The summed E-state index contributed by atoms with van der Waals surface area (Å²) in [4.78, 5) is 0. The lowest BCUT2D eigenvalue weighted by atomic mass is 9.65. The molecular formula is C16H13F2NO2.